The predicted octanol–water partition coefficient (Wildman–Crippen LogP) is 3.78. The maximum absolute atomic E-state index is 5.65. The summed E-state index contributed by atoms with van der Waals surface area (Å²) in [4.78, 5) is 4.41. The molecule has 1 aliphatic rings. The molecule has 0 atom stereocenters. The average molecular weight is 539 g/mol. The highest BCUT2D eigenvalue weighted by atomic mass is 127. The second kappa shape index (κ2) is 12.8. The van der Waals surface area contributed by atoms with Crippen molar-refractivity contribution in [2.45, 2.75) is 24.7 Å². The third-order valence-electron chi connectivity index (χ3n) is 5.84. The van der Waals surface area contributed by atoms with E-state index in [1.807, 2.05) is 31.3 Å². The van der Waals surface area contributed by atoms with Crippen LogP contribution in [0.1, 0.15) is 24.0 Å². The van der Waals surface area contributed by atoms with Gasteiger partial charge in [0, 0.05) is 38.8 Å². The molecule has 0 bridgehead atoms. The molecule has 3 rings (SSSR count). The topological polar surface area (TPSA) is 64.1 Å². The van der Waals surface area contributed by atoms with Gasteiger partial charge in [-0.3, -0.25) is 4.99 Å². The third-order valence-corrected chi connectivity index (χ3v) is 5.84. The minimum absolute atomic E-state index is 0. The second-order valence-electron chi connectivity index (χ2n) is 7.57. The van der Waals surface area contributed by atoms with Crippen LogP contribution < -0.4 is 20.1 Å². The molecule has 0 aromatic heterocycles. The summed E-state index contributed by atoms with van der Waals surface area (Å²) in [6.45, 7) is 3.17. The first-order chi connectivity index (χ1) is 14.7. The number of guanidine groups is 1. The van der Waals surface area contributed by atoms with Gasteiger partial charge in [-0.05, 0) is 54.7 Å². The summed E-state index contributed by atoms with van der Waals surface area (Å²) in [5.41, 5.74) is 2.60. The van der Waals surface area contributed by atoms with E-state index in [0.29, 0.717) is 0 Å². The van der Waals surface area contributed by atoms with E-state index in [-0.39, 0.29) is 29.4 Å². The van der Waals surface area contributed by atoms with Crippen LogP contribution in [0.3, 0.4) is 0 Å². The molecule has 2 N–H and O–H groups in total. The molecule has 6 nitrogen and oxygen atoms in total. The number of hydrogen-bond donors (Lipinski definition) is 2. The molecule has 1 heterocycles. The number of rotatable bonds is 8. The monoisotopic (exact) mass is 539 g/mol. The van der Waals surface area contributed by atoms with E-state index in [1.165, 1.54) is 11.1 Å². The van der Waals surface area contributed by atoms with Crippen LogP contribution in [-0.2, 0) is 16.6 Å². The standard InChI is InChI=1S/C24H33N3O3.HI/c1-25-23(26-15-12-19-4-8-21(28-2)9-5-19)27-18-24(13-16-30-17-14-24)20-6-10-22(29-3)11-7-20;/h4-11H,12-18H2,1-3H3,(H2,25,26,27);1H. The first-order valence-electron chi connectivity index (χ1n) is 10.5. The Balaban J connectivity index is 0.00000341. The van der Waals surface area contributed by atoms with Gasteiger partial charge in [-0.15, -0.1) is 24.0 Å². The largest absolute Gasteiger partial charge is 0.497 e. The molecular formula is C24H34IN3O3. The fourth-order valence-electron chi connectivity index (χ4n) is 3.87. The van der Waals surface area contributed by atoms with Gasteiger partial charge in [0.15, 0.2) is 5.96 Å². The van der Waals surface area contributed by atoms with Crippen molar-refractivity contribution in [2.24, 2.45) is 4.99 Å². The van der Waals surface area contributed by atoms with Crippen LogP contribution in [0.2, 0.25) is 0 Å². The van der Waals surface area contributed by atoms with E-state index in [1.54, 1.807) is 14.2 Å². The summed E-state index contributed by atoms with van der Waals surface area (Å²) in [7, 11) is 5.19. The van der Waals surface area contributed by atoms with Crippen LogP contribution in [0.5, 0.6) is 11.5 Å². The molecule has 0 amide bonds. The van der Waals surface area contributed by atoms with Crippen molar-refractivity contribution in [3.8, 4) is 11.5 Å². The summed E-state index contributed by atoms with van der Waals surface area (Å²) in [6.07, 6.45) is 2.88. The van der Waals surface area contributed by atoms with Gasteiger partial charge >= 0.3 is 0 Å². The quantitative estimate of drug-likeness (QED) is 0.304. The fourth-order valence-corrected chi connectivity index (χ4v) is 3.87. The molecule has 31 heavy (non-hydrogen) atoms. The van der Waals surface area contributed by atoms with E-state index in [9.17, 15) is 0 Å². The summed E-state index contributed by atoms with van der Waals surface area (Å²) < 4.78 is 16.2. The number of aliphatic imine (C=N–C) groups is 1. The summed E-state index contributed by atoms with van der Waals surface area (Å²) in [5, 5.41) is 6.97. The minimum Gasteiger partial charge on any atom is -0.497 e. The molecule has 2 aromatic rings. The maximum Gasteiger partial charge on any atom is 0.191 e. The zero-order valence-corrected chi connectivity index (χ0v) is 21.0. The molecule has 1 fully saturated rings. The molecule has 0 saturated carbocycles. The van der Waals surface area contributed by atoms with E-state index >= 15 is 0 Å². The van der Waals surface area contributed by atoms with Crippen LogP contribution in [0, 0.1) is 0 Å². The third kappa shape index (κ3) is 7.00. The molecule has 170 valence electrons. The van der Waals surface area contributed by atoms with E-state index < -0.39 is 0 Å². The first-order valence-corrected chi connectivity index (χ1v) is 10.5. The average Bonchev–Trinajstić information content (AvgIpc) is 2.82. The number of nitrogens with zero attached hydrogens (tertiary/aromatic N) is 1. The van der Waals surface area contributed by atoms with Gasteiger partial charge in [0.25, 0.3) is 0 Å². The molecule has 0 radical (unpaired) electrons. The lowest BCUT2D eigenvalue weighted by Crippen LogP contribution is -2.48. The molecule has 0 aliphatic carbocycles. The molecule has 0 unspecified atom stereocenters. The number of methoxy groups -OCH3 is 2. The fraction of sp³-hybridized carbons (Fsp3) is 0.458. The number of hydrogen-bond acceptors (Lipinski definition) is 4. The predicted molar refractivity (Wildman–Crippen MR) is 136 cm³/mol. The molecule has 0 spiro atoms. The Kier molecular flexibility index (Phi) is 10.4. The second-order valence-corrected chi connectivity index (χ2v) is 7.57. The lowest BCUT2D eigenvalue weighted by molar-refractivity contribution is 0.0513. The highest BCUT2D eigenvalue weighted by molar-refractivity contribution is 14.0. The van der Waals surface area contributed by atoms with Crippen molar-refractivity contribution >= 4 is 29.9 Å². The van der Waals surface area contributed by atoms with Gasteiger partial charge in [-0.2, -0.15) is 0 Å². The maximum atomic E-state index is 5.65. The molecular weight excluding hydrogens is 505 g/mol. The lowest BCUT2D eigenvalue weighted by Gasteiger charge is -2.38. The van der Waals surface area contributed by atoms with Crippen molar-refractivity contribution < 1.29 is 14.2 Å². The molecule has 1 aliphatic heterocycles. The van der Waals surface area contributed by atoms with Gasteiger partial charge in [-0.1, -0.05) is 24.3 Å². The number of nitrogens with one attached hydrogen (secondary N) is 2. The van der Waals surface area contributed by atoms with Crippen molar-refractivity contribution in [1.82, 2.24) is 10.6 Å². The highest BCUT2D eigenvalue weighted by Crippen LogP contribution is 2.35. The van der Waals surface area contributed by atoms with Crippen LogP contribution >= 0.6 is 24.0 Å². The van der Waals surface area contributed by atoms with Gasteiger partial charge in [-0.25, -0.2) is 0 Å². The van der Waals surface area contributed by atoms with Gasteiger partial charge in [0.05, 0.1) is 14.2 Å². The van der Waals surface area contributed by atoms with Crippen LogP contribution in [0.25, 0.3) is 0 Å². The Morgan fingerprint density at radius 3 is 2.06 bits per heavy atom. The van der Waals surface area contributed by atoms with Crippen molar-refractivity contribution in [3.05, 3.63) is 59.7 Å². The lowest BCUT2D eigenvalue weighted by atomic mass is 9.74. The zero-order valence-electron chi connectivity index (χ0n) is 18.6. The van der Waals surface area contributed by atoms with Crippen LogP contribution in [0.15, 0.2) is 53.5 Å². The summed E-state index contributed by atoms with van der Waals surface area (Å²) in [5.74, 6) is 2.58. The SMILES string of the molecule is CN=C(NCCc1ccc(OC)cc1)NCC1(c2ccc(OC)cc2)CCOCC1.I. The van der Waals surface area contributed by atoms with Crippen molar-refractivity contribution in [3.63, 3.8) is 0 Å². The Bertz CT molecular complexity index is 804. The zero-order chi connectivity index (χ0) is 21.2. The molecule has 2 aromatic carbocycles. The Hall–Kier alpha value is -2.00. The Morgan fingerprint density at radius 2 is 1.52 bits per heavy atom. The van der Waals surface area contributed by atoms with Gasteiger partial charge in [0.2, 0.25) is 0 Å². The van der Waals surface area contributed by atoms with E-state index in [0.717, 1.165) is 63.0 Å². The van der Waals surface area contributed by atoms with Gasteiger partial charge in [0.1, 0.15) is 11.5 Å². The summed E-state index contributed by atoms with van der Waals surface area (Å²) >= 11 is 0. The van der Waals surface area contributed by atoms with Gasteiger partial charge < -0.3 is 24.8 Å². The van der Waals surface area contributed by atoms with E-state index in [4.69, 9.17) is 14.2 Å². The molecule has 1 saturated heterocycles. The Morgan fingerprint density at radius 1 is 0.935 bits per heavy atom. The normalized spacial score (nSPS) is 15.5. The highest BCUT2D eigenvalue weighted by Gasteiger charge is 2.34. The van der Waals surface area contributed by atoms with Crippen LogP contribution in [-0.4, -0.2) is 53.5 Å². The number of benzene rings is 2. The number of halogens is 1. The van der Waals surface area contributed by atoms with Crippen molar-refractivity contribution in [1.29, 1.82) is 0 Å². The Labute approximate surface area is 202 Å². The van der Waals surface area contributed by atoms with Crippen molar-refractivity contribution in [2.75, 3.05) is 47.6 Å². The first kappa shape index (κ1) is 25.3. The number of ether oxygens (including phenoxy) is 3. The minimum atomic E-state index is 0. The van der Waals surface area contributed by atoms with Crippen LogP contribution in [0.4, 0.5) is 0 Å². The van der Waals surface area contributed by atoms with E-state index in [2.05, 4.69) is 39.9 Å². The smallest absolute Gasteiger partial charge is 0.191 e. The summed E-state index contributed by atoms with van der Waals surface area (Å²) in [6, 6.07) is 16.6. The molecule has 7 heteroatoms.